The summed E-state index contributed by atoms with van der Waals surface area (Å²) in [4.78, 5) is 10.9. The lowest BCUT2D eigenvalue weighted by molar-refractivity contribution is -0.149. The fourth-order valence-electron chi connectivity index (χ4n) is 1.99. The molecule has 1 aromatic carbocycles. The molecule has 1 saturated heterocycles. The summed E-state index contributed by atoms with van der Waals surface area (Å²) >= 11 is 0. The van der Waals surface area contributed by atoms with Crippen molar-refractivity contribution in [2.75, 3.05) is 12.9 Å². The molecule has 1 fully saturated rings. The topological polar surface area (TPSA) is 89.9 Å². The molecule has 6 nitrogen and oxygen atoms in total. The minimum Gasteiger partial charge on any atom is -0.491 e. The summed E-state index contributed by atoms with van der Waals surface area (Å²) in [6.45, 7) is 0.205. The minimum absolute atomic E-state index is 0.186. The number of hydrogen-bond donors (Lipinski definition) is 1. The van der Waals surface area contributed by atoms with Gasteiger partial charge in [0, 0.05) is 6.26 Å². The summed E-state index contributed by atoms with van der Waals surface area (Å²) in [5, 5.41) is 8.81. The number of sulfone groups is 1. The lowest BCUT2D eigenvalue weighted by atomic mass is 10.2. The van der Waals surface area contributed by atoms with E-state index in [1.807, 2.05) is 0 Å². The standard InChI is InChI=1S/C13H16O6S/c1-20(16,17)11-4-2-3-9(7-11)18-8-10-5-6-12(19-10)13(14)15/h2-4,7,10,12H,5-6,8H2,1H3,(H,14,15). The molecule has 1 aliphatic rings. The van der Waals surface area contributed by atoms with Crippen molar-refractivity contribution in [3.05, 3.63) is 24.3 Å². The van der Waals surface area contributed by atoms with E-state index in [0.29, 0.717) is 18.6 Å². The zero-order valence-electron chi connectivity index (χ0n) is 11.0. The predicted octanol–water partition coefficient (Wildman–Crippen LogP) is 1.10. The summed E-state index contributed by atoms with van der Waals surface area (Å²) in [6, 6.07) is 6.19. The highest BCUT2D eigenvalue weighted by atomic mass is 32.2. The Bertz CT molecular complexity index is 595. The Morgan fingerprint density at radius 1 is 1.45 bits per heavy atom. The summed E-state index contributed by atoms with van der Waals surface area (Å²) in [7, 11) is -3.27. The molecule has 110 valence electrons. The van der Waals surface area contributed by atoms with E-state index < -0.39 is 21.9 Å². The molecule has 2 unspecified atom stereocenters. The Hall–Kier alpha value is -1.60. The molecule has 1 aliphatic heterocycles. The Kier molecular flexibility index (Phi) is 4.29. The van der Waals surface area contributed by atoms with Gasteiger partial charge in [-0.15, -0.1) is 0 Å². The first-order valence-electron chi connectivity index (χ1n) is 6.17. The fraction of sp³-hybridized carbons (Fsp3) is 0.462. The van der Waals surface area contributed by atoms with Crippen LogP contribution in [0.1, 0.15) is 12.8 Å². The van der Waals surface area contributed by atoms with Crippen LogP contribution in [0.5, 0.6) is 5.75 Å². The van der Waals surface area contributed by atoms with Crippen molar-refractivity contribution in [3.8, 4) is 5.75 Å². The van der Waals surface area contributed by atoms with E-state index in [-0.39, 0.29) is 17.6 Å². The SMILES string of the molecule is CS(=O)(=O)c1cccc(OCC2CCC(C(=O)O)O2)c1. The zero-order chi connectivity index (χ0) is 14.8. The number of ether oxygens (including phenoxy) is 2. The van der Waals surface area contributed by atoms with E-state index in [1.54, 1.807) is 12.1 Å². The van der Waals surface area contributed by atoms with Gasteiger partial charge in [-0.1, -0.05) is 6.07 Å². The van der Waals surface area contributed by atoms with Gasteiger partial charge >= 0.3 is 5.97 Å². The molecule has 0 bridgehead atoms. The van der Waals surface area contributed by atoms with Crippen molar-refractivity contribution >= 4 is 15.8 Å². The lowest BCUT2D eigenvalue weighted by Gasteiger charge is -2.13. The first-order chi connectivity index (χ1) is 9.36. The van der Waals surface area contributed by atoms with Crippen molar-refractivity contribution in [1.29, 1.82) is 0 Å². The Morgan fingerprint density at radius 2 is 2.20 bits per heavy atom. The molecule has 0 aromatic heterocycles. The normalized spacial score (nSPS) is 22.6. The largest absolute Gasteiger partial charge is 0.491 e. The van der Waals surface area contributed by atoms with Crippen LogP contribution < -0.4 is 4.74 Å². The van der Waals surface area contributed by atoms with E-state index in [0.717, 1.165) is 6.26 Å². The second-order valence-electron chi connectivity index (χ2n) is 4.72. The van der Waals surface area contributed by atoms with Gasteiger partial charge in [-0.05, 0) is 31.0 Å². The molecule has 7 heteroatoms. The number of aliphatic carboxylic acids is 1. The third-order valence-electron chi connectivity index (χ3n) is 3.05. The molecule has 0 radical (unpaired) electrons. The molecule has 0 saturated carbocycles. The Morgan fingerprint density at radius 3 is 2.80 bits per heavy atom. The highest BCUT2D eigenvalue weighted by Crippen LogP contribution is 2.22. The number of carbonyl (C=O) groups is 1. The van der Waals surface area contributed by atoms with Crippen molar-refractivity contribution in [2.45, 2.75) is 29.9 Å². The molecule has 1 heterocycles. The highest BCUT2D eigenvalue weighted by molar-refractivity contribution is 7.90. The van der Waals surface area contributed by atoms with Crippen LogP contribution in [0.2, 0.25) is 0 Å². The number of rotatable bonds is 5. The van der Waals surface area contributed by atoms with Gasteiger partial charge in [0.15, 0.2) is 15.9 Å². The lowest BCUT2D eigenvalue weighted by Crippen LogP contribution is -2.23. The van der Waals surface area contributed by atoms with Gasteiger partial charge in [-0.25, -0.2) is 13.2 Å². The van der Waals surface area contributed by atoms with E-state index in [1.165, 1.54) is 12.1 Å². The fourth-order valence-corrected chi connectivity index (χ4v) is 2.65. The molecule has 0 amide bonds. The average molecular weight is 300 g/mol. The third kappa shape index (κ3) is 3.71. The van der Waals surface area contributed by atoms with Gasteiger partial charge in [0.1, 0.15) is 12.4 Å². The minimum atomic E-state index is -3.27. The van der Waals surface area contributed by atoms with Gasteiger partial charge < -0.3 is 14.6 Å². The van der Waals surface area contributed by atoms with Crippen LogP contribution in [0.3, 0.4) is 0 Å². The maximum absolute atomic E-state index is 11.4. The number of benzene rings is 1. The van der Waals surface area contributed by atoms with Crippen LogP contribution in [0, 0.1) is 0 Å². The molecule has 1 N–H and O–H groups in total. The van der Waals surface area contributed by atoms with Crippen LogP contribution in [0.25, 0.3) is 0 Å². The van der Waals surface area contributed by atoms with E-state index >= 15 is 0 Å². The van der Waals surface area contributed by atoms with Crippen LogP contribution >= 0.6 is 0 Å². The van der Waals surface area contributed by atoms with Crippen molar-refractivity contribution in [3.63, 3.8) is 0 Å². The summed E-state index contributed by atoms with van der Waals surface area (Å²) in [5.41, 5.74) is 0. The van der Waals surface area contributed by atoms with E-state index in [2.05, 4.69) is 0 Å². The highest BCUT2D eigenvalue weighted by Gasteiger charge is 2.30. The zero-order valence-corrected chi connectivity index (χ0v) is 11.8. The number of carboxylic acid groups (broad SMARTS) is 1. The van der Waals surface area contributed by atoms with Gasteiger partial charge in [0.05, 0.1) is 11.0 Å². The van der Waals surface area contributed by atoms with Gasteiger partial charge in [-0.2, -0.15) is 0 Å². The van der Waals surface area contributed by atoms with Gasteiger partial charge in [-0.3, -0.25) is 0 Å². The molecule has 2 atom stereocenters. The van der Waals surface area contributed by atoms with Crippen molar-refractivity contribution in [1.82, 2.24) is 0 Å². The Labute approximate surface area is 117 Å². The van der Waals surface area contributed by atoms with Crippen molar-refractivity contribution < 1.29 is 27.8 Å². The molecule has 20 heavy (non-hydrogen) atoms. The van der Waals surface area contributed by atoms with Gasteiger partial charge in [0.25, 0.3) is 0 Å². The number of carboxylic acids is 1. The van der Waals surface area contributed by atoms with Crippen LogP contribution in [-0.2, 0) is 19.4 Å². The predicted molar refractivity (Wildman–Crippen MR) is 70.6 cm³/mol. The van der Waals surface area contributed by atoms with Crippen LogP contribution in [0.4, 0.5) is 0 Å². The molecule has 0 aliphatic carbocycles. The van der Waals surface area contributed by atoms with Crippen LogP contribution in [-0.4, -0.2) is 44.6 Å². The summed E-state index contributed by atoms with van der Waals surface area (Å²) in [5.74, 6) is -0.540. The summed E-state index contributed by atoms with van der Waals surface area (Å²) < 4.78 is 33.6. The smallest absolute Gasteiger partial charge is 0.332 e. The quantitative estimate of drug-likeness (QED) is 0.876. The molecule has 0 spiro atoms. The average Bonchev–Trinajstić information content (AvgIpc) is 2.85. The first-order valence-corrected chi connectivity index (χ1v) is 8.06. The molecule has 1 aromatic rings. The first kappa shape index (κ1) is 14.8. The second-order valence-corrected chi connectivity index (χ2v) is 6.74. The molecular weight excluding hydrogens is 284 g/mol. The summed E-state index contributed by atoms with van der Waals surface area (Å²) in [6.07, 6.45) is 1.16. The number of hydrogen-bond acceptors (Lipinski definition) is 5. The van der Waals surface area contributed by atoms with Crippen molar-refractivity contribution in [2.24, 2.45) is 0 Å². The molecular formula is C13H16O6S. The third-order valence-corrected chi connectivity index (χ3v) is 4.16. The maximum atomic E-state index is 11.4. The van der Waals surface area contributed by atoms with Gasteiger partial charge in [0.2, 0.25) is 0 Å². The van der Waals surface area contributed by atoms with E-state index in [4.69, 9.17) is 14.6 Å². The monoisotopic (exact) mass is 300 g/mol. The Balaban J connectivity index is 1.94. The maximum Gasteiger partial charge on any atom is 0.332 e. The van der Waals surface area contributed by atoms with E-state index in [9.17, 15) is 13.2 Å². The second kappa shape index (κ2) is 5.80. The van der Waals surface area contributed by atoms with Crippen LogP contribution in [0.15, 0.2) is 29.2 Å². The molecule has 2 rings (SSSR count).